The Bertz CT molecular complexity index is 176. The van der Waals surface area contributed by atoms with E-state index < -0.39 is 0 Å². The molecule has 0 amide bonds. The predicted octanol–water partition coefficient (Wildman–Crippen LogP) is 2.98. The van der Waals surface area contributed by atoms with Gasteiger partial charge in [0.2, 0.25) is 0 Å². The molecule has 0 saturated carbocycles. The molecule has 2 heteroatoms. The van der Waals surface area contributed by atoms with Crippen LogP contribution >= 0.6 is 0 Å². The zero-order valence-electron chi connectivity index (χ0n) is 8.68. The van der Waals surface area contributed by atoms with Gasteiger partial charge < -0.3 is 4.84 Å². The van der Waals surface area contributed by atoms with Gasteiger partial charge in [-0.3, -0.25) is 0 Å². The Hall–Kier alpha value is -0.970. The van der Waals surface area contributed by atoms with Gasteiger partial charge >= 0.3 is 0 Å². The van der Waals surface area contributed by atoms with Crippen LogP contribution in [0.5, 0.6) is 0 Å². The van der Waals surface area contributed by atoms with E-state index in [2.05, 4.69) is 28.8 Å². The molecule has 0 fully saturated rings. The number of unbranched alkanes of at least 4 members (excludes halogenated alkanes) is 5. The van der Waals surface area contributed by atoms with Crippen molar-refractivity contribution in [3.8, 4) is 11.8 Å². The molecule has 0 rings (SSSR count). The van der Waals surface area contributed by atoms with E-state index in [0.717, 1.165) is 6.42 Å². The average Bonchev–Trinajstić information content (AvgIpc) is 2.16. The van der Waals surface area contributed by atoms with Crippen LogP contribution in [0.3, 0.4) is 0 Å². The molecule has 0 saturated heterocycles. The van der Waals surface area contributed by atoms with Crippen LogP contribution in [0.25, 0.3) is 0 Å². The van der Waals surface area contributed by atoms with Crippen LogP contribution in [-0.4, -0.2) is 13.3 Å². The lowest BCUT2D eigenvalue weighted by molar-refractivity contribution is 0.216. The van der Waals surface area contributed by atoms with Crippen molar-refractivity contribution in [2.24, 2.45) is 5.16 Å². The van der Waals surface area contributed by atoms with Crippen LogP contribution in [0.2, 0.25) is 0 Å². The van der Waals surface area contributed by atoms with Crippen LogP contribution in [0.15, 0.2) is 5.16 Å². The van der Waals surface area contributed by atoms with Gasteiger partial charge in [-0.2, -0.15) is 0 Å². The molecule has 0 radical (unpaired) electrons. The third-order valence-corrected chi connectivity index (χ3v) is 1.73. The largest absolute Gasteiger partial charge is 0.399 e. The van der Waals surface area contributed by atoms with E-state index >= 15 is 0 Å². The predicted molar refractivity (Wildman–Crippen MR) is 56.7 cm³/mol. The summed E-state index contributed by atoms with van der Waals surface area (Å²) in [6, 6.07) is 0. The topological polar surface area (TPSA) is 21.6 Å². The summed E-state index contributed by atoms with van der Waals surface area (Å²) in [6.45, 7) is 2.22. The van der Waals surface area contributed by atoms with Crippen LogP contribution < -0.4 is 0 Å². The molecule has 13 heavy (non-hydrogen) atoms. The van der Waals surface area contributed by atoms with Gasteiger partial charge in [0.05, 0.1) is 0 Å². The molecule has 0 atom stereocenters. The van der Waals surface area contributed by atoms with Crippen molar-refractivity contribution in [3.05, 3.63) is 0 Å². The fraction of sp³-hybridized carbons (Fsp3) is 0.727. The summed E-state index contributed by atoms with van der Waals surface area (Å²) >= 11 is 0. The van der Waals surface area contributed by atoms with Crippen molar-refractivity contribution in [1.82, 2.24) is 0 Å². The number of nitrogens with zero attached hydrogens (tertiary/aromatic N) is 1. The van der Waals surface area contributed by atoms with Crippen molar-refractivity contribution in [3.63, 3.8) is 0 Å². The minimum absolute atomic E-state index is 0.972. The number of oxime groups is 1. The highest BCUT2D eigenvalue weighted by Crippen LogP contribution is 2.03. The van der Waals surface area contributed by atoms with Gasteiger partial charge in [-0.25, -0.2) is 0 Å². The quantitative estimate of drug-likeness (QED) is 0.267. The summed E-state index contributed by atoms with van der Waals surface area (Å²) in [6.07, 6.45) is 8.94. The monoisotopic (exact) mass is 181 g/mol. The minimum Gasteiger partial charge on any atom is -0.399 e. The first kappa shape index (κ1) is 12.0. The molecule has 0 bridgehead atoms. The van der Waals surface area contributed by atoms with E-state index in [0.29, 0.717) is 0 Å². The van der Waals surface area contributed by atoms with Gasteiger partial charge in [0.15, 0.2) is 0 Å². The van der Waals surface area contributed by atoms with E-state index in [4.69, 9.17) is 0 Å². The summed E-state index contributed by atoms with van der Waals surface area (Å²) in [4.78, 5) is 4.47. The lowest BCUT2D eigenvalue weighted by atomic mass is 10.1. The molecule has 0 N–H and O–H groups in total. The average molecular weight is 181 g/mol. The first-order valence-electron chi connectivity index (χ1n) is 4.95. The second-order valence-corrected chi connectivity index (χ2v) is 2.90. The lowest BCUT2D eigenvalue weighted by Crippen LogP contribution is -1.76. The molecule has 0 aromatic carbocycles. The Balaban J connectivity index is 3.13. The molecular weight excluding hydrogens is 162 g/mol. The molecule has 2 nitrogen and oxygen atoms in total. The summed E-state index contributed by atoms with van der Waals surface area (Å²) in [5.41, 5.74) is 0. The Labute approximate surface area is 81.4 Å². The third kappa shape index (κ3) is 11.0. The van der Waals surface area contributed by atoms with E-state index in [1.807, 2.05) is 0 Å². The summed E-state index contributed by atoms with van der Waals surface area (Å²) in [5, 5.41) is 3.52. The SMILES string of the molecule is CCCCCCCC#C/C=N\OC. The highest BCUT2D eigenvalue weighted by molar-refractivity contribution is 5.77. The number of hydrogen-bond acceptors (Lipinski definition) is 2. The molecule has 0 aliphatic heterocycles. The van der Waals surface area contributed by atoms with Gasteiger partial charge in [-0.15, -0.1) is 0 Å². The smallest absolute Gasteiger partial charge is 0.116 e. The first-order valence-corrected chi connectivity index (χ1v) is 4.95. The molecule has 0 aromatic heterocycles. The standard InChI is InChI=1S/C11H19NO/c1-3-4-5-6-7-8-9-10-11-12-13-2/h11H,3-8H2,1-2H3/b12-11-. The van der Waals surface area contributed by atoms with Crippen molar-refractivity contribution in [1.29, 1.82) is 0 Å². The van der Waals surface area contributed by atoms with Crippen LogP contribution in [-0.2, 0) is 4.84 Å². The van der Waals surface area contributed by atoms with E-state index in [1.165, 1.54) is 45.4 Å². The van der Waals surface area contributed by atoms with Crippen molar-refractivity contribution in [2.45, 2.75) is 45.4 Å². The normalized spacial score (nSPS) is 9.69. The maximum Gasteiger partial charge on any atom is 0.116 e. The minimum atomic E-state index is 0.972. The van der Waals surface area contributed by atoms with Gasteiger partial charge in [0.25, 0.3) is 0 Å². The Kier molecular flexibility index (Phi) is 10.2. The number of rotatable bonds is 6. The summed E-state index contributed by atoms with van der Waals surface area (Å²) in [5.74, 6) is 5.83. The van der Waals surface area contributed by atoms with Crippen LogP contribution in [0, 0.1) is 11.8 Å². The molecular formula is C11H19NO. The summed E-state index contributed by atoms with van der Waals surface area (Å²) < 4.78 is 0. The fourth-order valence-electron chi connectivity index (χ4n) is 1.01. The highest BCUT2D eigenvalue weighted by Gasteiger charge is 1.85. The van der Waals surface area contributed by atoms with Crippen LogP contribution in [0.4, 0.5) is 0 Å². The number of hydrogen-bond donors (Lipinski definition) is 0. The zero-order valence-corrected chi connectivity index (χ0v) is 8.68. The molecule has 0 heterocycles. The maximum absolute atomic E-state index is 4.47. The summed E-state index contributed by atoms with van der Waals surface area (Å²) in [7, 11) is 1.52. The second-order valence-electron chi connectivity index (χ2n) is 2.90. The first-order chi connectivity index (χ1) is 6.41. The molecule has 0 unspecified atom stereocenters. The van der Waals surface area contributed by atoms with Gasteiger partial charge in [-0.1, -0.05) is 49.6 Å². The Morgan fingerprint density at radius 2 is 2.00 bits per heavy atom. The third-order valence-electron chi connectivity index (χ3n) is 1.73. The van der Waals surface area contributed by atoms with Crippen molar-refractivity contribution in [2.75, 3.05) is 7.11 Å². The highest BCUT2D eigenvalue weighted by atomic mass is 16.6. The van der Waals surface area contributed by atoms with E-state index in [1.54, 1.807) is 0 Å². The lowest BCUT2D eigenvalue weighted by Gasteiger charge is -1.93. The van der Waals surface area contributed by atoms with E-state index in [-0.39, 0.29) is 0 Å². The van der Waals surface area contributed by atoms with Gasteiger partial charge in [0, 0.05) is 6.42 Å². The fourth-order valence-corrected chi connectivity index (χ4v) is 1.01. The molecule has 0 spiro atoms. The van der Waals surface area contributed by atoms with E-state index in [9.17, 15) is 0 Å². The zero-order chi connectivity index (χ0) is 9.78. The molecule has 0 aromatic rings. The Morgan fingerprint density at radius 3 is 2.69 bits per heavy atom. The maximum atomic E-state index is 4.47. The molecule has 74 valence electrons. The molecule has 0 aliphatic carbocycles. The van der Waals surface area contributed by atoms with Crippen molar-refractivity contribution < 1.29 is 4.84 Å². The second kappa shape index (κ2) is 11.0. The van der Waals surface area contributed by atoms with Crippen LogP contribution in [0.1, 0.15) is 45.4 Å². The van der Waals surface area contributed by atoms with Gasteiger partial charge in [0.1, 0.15) is 13.3 Å². The molecule has 0 aliphatic rings. The van der Waals surface area contributed by atoms with Gasteiger partial charge in [-0.05, 0) is 6.42 Å². The Morgan fingerprint density at radius 1 is 1.23 bits per heavy atom. The van der Waals surface area contributed by atoms with Crippen molar-refractivity contribution >= 4 is 6.21 Å².